The molecular weight excluding hydrogens is 316 g/mol. The Hall–Kier alpha value is -1.85. The number of aliphatic hydroxyl groups is 1. The minimum Gasteiger partial charge on any atom is -0.467 e. The van der Waals surface area contributed by atoms with Gasteiger partial charge in [0.05, 0.1) is 18.8 Å². The molecule has 5 nitrogen and oxygen atoms in total. The van der Waals surface area contributed by atoms with Crippen LogP contribution in [-0.4, -0.2) is 46.1 Å². The van der Waals surface area contributed by atoms with Crippen LogP contribution in [0.3, 0.4) is 0 Å². The van der Waals surface area contributed by atoms with Crippen LogP contribution >= 0.6 is 0 Å². The molecule has 1 unspecified atom stereocenters. The number of carbonyl (C=O) groups is 1. The number of nitrogens with zero attached hydrogens (tertiary/aromatic N) is 2. The van der Waals surface area contributed by atoms with Crippen molar-refractivity contribution in [1.82, 2.24) is 9.47 Å². The molecular formula is C20H28N2O3. The van der Waals surface area contributed by atoms with Crippen molar-refractivity contribution >= 4 is 5.78 Å². The molecule has 0 spiro atoms. The molecule has 25 heavy (non-hydrogen) atoms. The summed E-state index contributed by atoms with van der Waals surface area (Å²) in [5.41, 5.74) is 2.88. The van der Waals surface area contributed by atoms with Crippen LogP contribution in [0.15, 0.2) is 28.9 Å². The zero-order valence-electron chi connectivity index (χ0n) is 15.4. The molecule has 3 rings (SSSR count). The average Bonchev–Trinajstić information content (AvgIpc) is 3.24. The third-order valence-corrected chi connectivity index (χ3v) is 5.57. The van der Waals surface area contributed by atoms with E-state index in [1.165, 1.54) is 0 Å². The highest BCUT2D eigenvalue weighted by molar-refractivity contribution is 6.01. The van der Waals surface area contributed by atoms with Crippen molar-refractivity contribution in [2.75, 3.05) is 19.7 Å². The molecule has 5 heteroatoms. The fourth-order valence-corrected chi connectivity index (χ4v) is 3.77. The maximum atomic E-state index is 13.1. The summed E-state index contributed by atoms with van der Waals surface area (Å²) in [5, 5.41) is 9.28. The first-order chi connectivity index (χ1) is 12.0. The Morgan fingerprint density at radius 2 is 2.08 bits per heavy atom. The summed E-state index contributed by atoms with van der Waals surface area (Å²) in [6, 6.07) is 5.71. The number of hydrogen-bond donors (Lipinski definition) is 1. The van der Waals surface area contributed by atoms with Crippen molar-refractivity contribution in [3.63, 3.8) is 0 Å². The molecule has 0 aliphatic carbocycles. The highest BCUT2D eigenvalue weighted by Gasteiger charge is 2.28. The summed E-state index contributed by atoms with van der Waals surface area (Å²) in [6.45, 7) is 8.70. The number of hydrogen-bond acceptors (Lipinski definition) is 4. The lowest BCUT2D eigenvalue weighted by Gasteiger charge is -2.34. The molecule has 1 saturated heterocycles. The Labute approximate surface area is 149 Å². The minimum absolute atomic E-state index is 0.128. The second-order valence-electron chi connectivity index (χ2n) is 7.15. The van der Waals surface area contributed by atoms with Gasteiger partial charge in [0.1, 0.15) is 5.76 Å². The Morgan fingerprint density at radius 3 is 2.68 bits per heavy atom. The third kappa shape index (κ3) is 3.72. The molecule has 0 aromatic carbocycles. The standard InChI is InChI=1S/C20H28N2O3/c1-14-11-19(15(2)22(14)12-18-5-4-10-25-18)20(24)16(3)21-8-6-17(13-23)7-9-21/h4-5,10-11,16-17,23H,6-9,12-13H2,1-3H3. The molecule has 1 aliphatic rings. The number of rotatable bonds is 6. The first-order valence-corrected chi connectivity index (χ1v) is 9.09. The number of aromatic nitrogens is 1. The second-order valence-corrected chi connectivity index (χ2v) is 7.15. The van der Waals surface area contributed by atoms with Crippen molar-refractivity contribution in [1.29, 1.82) is 0 Å². The van der Waals surface area contributed by atoms with Gasteiger partial charge in [-0.25, -0.2) is 0 Å². The van der Waals surface area contributed by atoms with Gasteiger partial charge in [0.25, 0.3) is 0 Å². The molecule has 2 aromatic heterocycles. The molecule has 136 valence electrons. The quantitative estimate of drug-likeness (QED) is 0.819. The predicted molar refractivity (Wildman–Crippen MR) is 96.9 cm³/mol. The Bertz CT molecular complexity index is 710. The van der Waals surface area contributed by atoms with Crippen LogP contribution in [0.5, 0.6) is 0 Å². The molecule has 1 fully saturated rings. The molecule has 1 atom stereocenters. The highest BCUT2D eigenvalue weighted by Crippen LogP contribution is 2.23. The SMILES string of the molecule is Cc1cc(C(=O)C(C)N2CCC(CO)CC2)c(C)n1Cc1ccco1. The van der Waals surface area contributed by atoms with Crippen LogP contribution in [0.2, 0.25) is 0 Å². The van der Waals surface area contributed by atoms with Crippen molar-refractivity contribution < 1.29 is 14.3 Å². The zero-order chi connectivity index (χ0) is 18.0. The van der Waals surface area contributed by atoms with E-state index in [4.69, 9.17) is 4.42 Å². The Morgan fingerprint density at radius 1 is 1.36 bits per heavy atom. The van der Waals surface area contributed by atoms with Crippen molar-refractivity contribution in [3.8, 4) is 0 Å². The number of aryl methyl sites for hydroxylation is 1. The van der Waals surface area contributed by atoms with Crippen LogP contribution in [0.25, 0.3) is 0 Å². The number of likely N-dealkylation sites (tertiary alicyclic amines) is 1. The van der Waals surface area contributed by atoms with Gasteiger partial charge in [0.2, 0.25) is 0 Å². The van der Waals surface area contributed by atoms with Crippen LogP contribution in [0.4, 0.5) is 0 Å². The molecule has 0 radical (unpaired) electrons. The summed E-state index contributed by atoms with van der Waals surface area (Å²) in [7, 11) is 0. The van der Waals surface area contributed by atoms with Gasteiger partial charge in [-0.2, -0.15) is 0 Å². The normalized spacial score (nSPS) is 17.8. The fraction of sp³-hybridized carbons (Fsp3) is 0.550. The number of piperidine rings is 1. The summed E-state index contributed by atoms with van der Waals surface area (Å²) in [5.74, 6) is 1.46. The monoisotopic (exact) mass is 344 g/mol. The lowest BCUT2D eigenvalue weighted by Crippen LogP contribution is -2.44. The zero-order valence-corrected chi connectivity index (χ0v) is 15.4. The highest BCUT2D eigenvalue weighted by atomic mass is 16.3. The van der Waals surface area contributed by atoms with Crippen LogP contribution < -0.4 is 0 Å². The topological polar surface area (TPSA) is 58.6 Å². The van der Waals surface area contributed by atoms with Gasteiger partial charge in [-0.3, -0.25) is 9.69 Å². The molecule has 0 bridgehead atoms. The maximum absolute atomic E-state index is 13.1. The summed E-state index contributed by atoms with van der Waals surface area (Å²) in [6.07, 6.45) is 3.60. The largest absolute Gasteiger partial charge is 0.467 e. The molecule has 2 aromatic rings. The van der Waals surface area contributed by atoms with E-state index in [9.17, 15) is 9.90 Å². The molecule has 3 heterocycles. The molecule has 1 N–H and O–H groups in total. The number of furan rings is 1. The van der Waals surface area contributed by atoms with Gasteiger partial charge in [0, 0.05) is 23.6 Å². The van der Waals surface area contributed by atoms with Gasteiger partial charge in [-0.1, -0.05) is 0 Å². The van der Waals surface area contributed by atoms with Crippen molar-refractivity contribution in [3.05, 3.63) is 47.2 Å². The Balaban J connectivity index is 1.74. The van der Waals surface area contributed by atoms with E-state index in [1.54, 1.807) is 6.26 Å². The summed E-state index contributed by atoms with van der Waals surface area (Å²) < 4.78 is 7.58. The smallest absolute Gasteiger partial charge is 0.181 e. The van der Waals surface area contributed by atoms with Gasteiger partial charge in [-0.15, -0.1) is 0 Å². The molecule has 0 saturated carbocycles. The van der Waals surface area contributed by atoms with Gasteiger partial charge >= 0.3 is 0 Å². The van der Waals surface area contributed by atoms with Crippen molar-refractivity contribution in [2.45, 2.75) is 46.2 Å². The number of carbonyl (C=O) groups excluding carboxylic acids is 1. The second kappa shape index (κ2) is 7.58. The van der Waals surface area contributed by atoms with E-state index in [0.29, 0.717) is 12.5 Å². The van der Waals surface area contributed by atoms with Gasteiger partial charge in [0.15, 0.2) is 5.78 Å². The van der Waals surface area contributed by atoms with Gasteiger partial charge < -0.3 is 14.1 Å². The predicted octanol–water partition coefficient (Wildman–Crippen LogP) is 3.02. The Kier molecular flexibility index (Phi) is 5.45. The average molecular weight is 344 g/mol. The number of ketones is 1. The lowest BCUT2D eigenvalue weighted by molar-refractivity contribution is 0.0720. The summed E-state index contributed by atoms with van der Waals surface area (Å²) in [4.78, 5) is 15.3. The maximum Gasteiger partial charge on any atom is 0.181 e. The first-order valence-electron chi connectivity index (χ1n) is 9.09. The fourth-order valence-electron chi connectivity index (χ4n) is 3.77. The van der Waals surface area contributed by atoms with Crippen LogP contribution in [0.1, 0.15) is 47.3 Å². The van der Waals surface area contributed by atoms with E-state index in [0.717, 1.165) is 48.6 Å². The van der Waals surface area contributed by atoms with E-state index in [1.807, 2.05) is 39.0 Å². The van der Waals surface area contributed by atoms with E-state index in [2.05, 4.69) is 9.47 Å². The molecule has 1 aliphatic heterocycles. The summed E-state index contributed by atoms with van der Waals surface area (Å²) >= 11 is 0. The molecule has 0 amide bonds. The van der Waals surface area contributed by atoms with Gasteiger partial charge in [-0.05, 0) is 70.8 Å². The lowest BCUT2D eigenvalue weighted by atomic mass is 9.95. The number of aliphatic hydroxyl groups excluding tert-OH is 1. The van der Waals surface area contributed by atoms with E-state index < -0.39 is 0 Å². The van der Waals surface area contributed by atoms with Crippen LogP contribution in [-0.2, 0) is 6.54 Å². The third-order valence-electron chi connectivity index (χ3n) is 5.57. The van der Waals surface area contributed by atoms with Crippen LogP contribution in [0, 0.1) is 19.8 Å². The van der Waals surface area contributed by atoms with E-state index in [-0.39, 0.29) is 18.4 Å². The first kappa shape index (κ1) is 18.0. The minimum atomic E-state index is -0.128. The van der Waals surface area contributed by atoms with E-state index >= 15 is 0 Å². The van der Waals surface area contributed by atoms with Crippen molar-refractivity contribution in [2.24, 2.45) is 5.92 Å². The number of Topliss-reactive ketones (excluding diaryl/α,β-unsaturated/α-hetero) is 1.